The van der Waals surface area contributed by atoms with Crippen LogP contribution in [0.4, 0.5) is 0 Å². The molecule has 2 fully saturated rings. The maximum atomic E-state index is 2.35. The van der Waals surface area contributed by atoms with Gasteiger partial charge in [-0.15, -0.1) is 0 Å². The zero-order chi connectivity index (χ0) is 12.6. The first-order chi connectivity index (χ1) is 7.58. The van der Waals surface area contributed by atoms with Gasteiger partial charge in [-0.05, 0) is 36.5 Å². The van der Waals surface area contributed by atoms with Crippen molar-refractivity contribution < 1.29 is 0 Å². The molecule has 0 aromatic rings. The molecule has 0 spiro atoms. The SMILES string of the molecule is CC.CC1CCC(C)C1.CC1CCC(C)C1. The molecule has 98 valence electrons. The van der Waals surface area contributed by atoms with Crippen molar-refractivity contribution in [2.75, 3.05) is 0 Å². The van der Waals surface area contributed by atoms with Crippen LogP contribution in [-0.4, -0.2) is 0 Å². The summed E-state index contributed by atoms with van der Waals surface area (Å²) in [6, 6.07) is 0. The Morgan fingerprint density at radius 1 is 0.500 bits per heavy atom. The molecule has 4 unspecified atom stereocenters. The van der Waals surface area contributed by atoms with E-state index in [0.29, 0.717) is 0 Å². The fourth-order valence-electron chi connectivity index (χ4n) is 2.98. The van der Waals surface area contributed by atoms with E-state index < -0.39 is 0 Å². The minimum absolute atomic E-state index is 1.02. The molecule has 0 bridgehead atoms. The van der Waals surface area contributed by atoms with Gasteiger partial charge in [-0.3, -0.25) is 0 Å². The lowest BCUT2D eigenvalue weighted by Gasteiger charge is -1.96. The molecule has 4 atom stereocenters. The third kappa shape index (κ3) is 7.30. The topological polar surface area (TPSA) is 0 Å². The summed E-state index contributed by atoms with van der Waals surface area (Å²) in [5.41, 5.74) is 0. The van der Waals surface area contributed by atoms with Crippen LogP contribution in [0, 0.1) is 23.7 Å². The predicted molar refractivity (Wildman–Crippen MR) is 75.7 cm³/mol. The van der Waals surface area contributed by atoms with Crippen LogP contribution in [0.5, 0.6) is 0 Å². The Kier molecular flexibility index (Phi) is 9.07. The van der Waals surface area contributed by atoms with Crippen LogP contribution in [0.1, 0.15) is 80.1 Å². The van der Waals surface area contributed by atoms with Gasteiger partial charge in [0.2, 0.25) is 0 Å². The fraction of sp³-hybridized carbons (Fsp3) is 1.00. The molecule has 2 rings (SSSR count). The first-order valence-corrected chi connectivity index (χ1v) is 7.58. The van der Waals surface area contributed by atoms with E-state index in [2.05, 4.69) is 27.7 Å². The summed E-state index contributed by atoms with van der Waals surface area (Å²) in [7, 11) is 0. The maximum Gasteiger partial charge on any atom is -0.0440 e. The lowest BCUT2D eigenvalue weighted by molar-refractivity contribution is 0.555. The molecule has 0 aliphatic heterocycles. The van der Waals surface area contributed by atoms with Gasteiger partial charge in [-0.2, -0.15) is 0 Å². The predicted octanol–water partition coefficient (Wildman–Crippen LogP) is 5.91. The average molecular weight is 226 g/mol. The van der Waals surface area contributed by atoms with Gasteiger partial charge in [0, 0.05) is 0 Å². The smallest absolute Gasteiger partial charge is 0.0440 e. The van der Waals surface area contributed by atoms with Crippen LogP contribution in [0.25, 0.3) is 0 Å². The normalized spacial score (nSPS) is 37.1. The van der Waals surface area contributed by atoms with Crippen molar-refractivity contribution in [3.63, 3.8) is 0 Å². The largest absolute Gasteiger partial charge is 0.0683 e. The summed E-state index contributed by atoms with van der Waals surface area (Å²) in [6.45, 7) is 13.4. The molecule has 0 heteroatoms. The van der Waals surface area contributed by atoms with Crippen molar-refractivity contribution in [2.45, 2.75) is 80.1 Å². The highest BCUT2D eigenvalue weighted by atomic mass is 14.2. The maximum absolute atomic E-state index is 2.35. The van der Waals surface area contributed by atoms with E-state index in [0.717, 1.165) is 23.7 Å². The second-order valence-electron chi connectivity index (χ2n) is 6.05. The average Bonchev–Trinajstić information content (AvgIpc) is 2.80. The Morgan fingerprint density at radius 2 is 0.688 bits per heavy atom. The van der Waals surface area contributed by atoms with Crippen LogP contribution in [0.3, 0.4) is 0 Å². The molecule has 2 aliphatic rings. The van der Waals surface area contributed by atoms with E-state index in [4.69, 9.17) is 0 Å². The highest BCUT2D eigenvalue weighted by molar-refractivity contribution is 4.68. The lowest BCUT2D eigenvalue weighted by atomic mass is 10.1. The number of hydrogen-bond acceptors (Lipinski definition) is 0. The lowest BCUT2D eigenvalue weighted by Crippen LogP contribution is -1.84. The zero-order valence-corrected chi connectivity index (χ0v) is 12.6. The van der Waals surface area contributed by atoms with Crippen LogP contribution >= 0.6 is 0 Å². The van der Waals surface area contributed by atoms with Gasteiger partial charge in [-0.1, -0.05) is 67.2 Å². The van der Waals surface area contributed by atoms with Gasteiger partial charge in [0.1, 0.15) is 0 Å². The van der Waals surface area contributed by atoms with Crippen LogP contribution in [0.15, 0.2) is 0 Å². The van der Waals surface area contributed by atoms with Crippen molar-refractivity contribution in [1.29, 1.82) is 0 Å². The van der Waals surface area contributed by atoms with Gasteiger partial charge in [0.15, 0.2) is 0 Å². The van der Waals surface area contributed by atoms with E-state index in [1.807, 2.05) is 13.8 Å². The van der Waals surface area contributed by atoms with Crippen molar-refractivity contribution >= 4 is 0 Å². The van der Waals surface area contributed by atoms with E-state index in [-0.39, 0.29) is 0 Å². The van der Waals surface area contributed by atoms with Crippen LogP contribution < -0.4 is 0 Å². The first kappa shape index (κ1) is 16.0. The molecule has 0 amide bonds. The Balaban J connectivity index is 0.000000244. The molecule has 0 heterocycles. The van der Waals surface area contributed by atoms with Gasteiger partial charge >= 0.3 is 0 Å². The number of hydrogen-bond donors (Lipinski definition) is 0. The van der Waals surface area contributed by atoms with Gasteiger partial charge in [-0.25, -0.2) is 0 Å². The molecule has 16 heavy (non-hydrogen) atoms. The molecule has 0 N–H and O–H groups in total. The standard InChI is InChI=1S/2C7H14.C2H6/c2*1-6-3-4-7(2)5-6;1-2/h2*6-7H,3-5H2,1-2H3;1-2H3. The van der Waals surface area contributed by atoms with E-state index >= 15 is 0 Å². The second kappa shape index (κ2) is 9.07. The van der Waals surface area contributed by atoms with E-state index in [1.54, 1.807) is 0 Å². The minimum atomic E-state index is 1.02. The van der Waals surface area contributed by atoms with E-state index in [1.165, 1.54) is 38.5 Å². The molecule has 0 aromatic carbocycles. The minimum Gasteiger partial charge on any atom is -0.0683 e. The molecular formula is C16H34. The van der Waals surface area contributed by atoms with Crippen molar-refractivity contribution in [1.82, 2.24) is 0 Å². The number of rotatable bonds is 0. The van der Waals surface area contributed by atoms with Crippen LogP contribution in [0.2, 0.25) is 0 Å². The van der Waals surface area contributed by atoms with E-state index in [9.17, 15) is 0 Å². The third-order valence-electron chi connectivity index (χ3n) is 3.91. The fourth-order valence-corrected chi connectivity index (χ4v) is 2.98. The van der Waals surface area contributed by atoms with Gasteiger partial charge < -0.3 is 0 Å². The summed E-state index contributed by atoms with van der Waals surface area (Å²) in [4.78, 5) is 0. The summed E-state index contributed by atoms with van der Waals surface area (Å²) in [6.07, 6.45) is 8.84. The highest BCUT2D eigenvalue weighted by Crippen LogP contribution is 2.29. The van der Waals surface area contributed by atoms with Crippen LogP contribution in [-0.2, 0) is 0 Å². The summed E-state index contributed by atoms with van der Waals surface area (Å²) in [5.74, 6) is 4.09. The second-order valence-corrected chi connectivity index (χ2v) is 6.05. The molecule has 0 aromatic heterocycles. The quantitative estimate of drug-likeness (QED) is 0.481. The Hall–Kier alpha value is 0. The zero-order valence-electron chi connectivity index (χ0n) is 12.6. The molecule has 0 nitrogen and oxygen atoms in total. The third-order valence-corrected chi connectivity index (χ3v) is 3.91. The molecule has 2 aliphatic carbocycles. The molecule has 0 saturated heterocycles. The van der Waals surface area contributed by atoms with Gasteiger partial charge in [0.05, 0.1) is 0 Å². The summed E-state index contributed by atoms with van der Waals surface area (Å²) < 4.78 is 0. The Bertz CT molecular complexity index is 116. The monoisotopic (exact) mass is 226 g/mol. The Labute approximate surface area is 104 Å². The van der Waals surface area contributed by atoms with Crippen molar-refractivity contribution in [3.05, 3.63) is 0 Å². The van der Waals surface area contributed by atoms with Crippen molar-refractivity contribution in [3.8, 4) is 0 Å². The molecule has 2 saturated carbocycles. The summed E-state index contributed by atoms with van der Waals surface area (Å²) >= 11 is 0. The van der Waals surface area contributed by atoms with Crippen molar-refractivity contribution in [2.24, 2.45) is 23.7 Å². The highest BCUT2D eigenvalue weighted by Gasteiger charge is 2.16. The summed E-state index contributed by atoms with van der Waals surface area (Å²) in [5, 5.41) is 0. The molecule has 0 radical (unpaired) electrons. The molecular weight excluding hydrogens is 192 g/mol. The van der Waals surface area contributed by atoms with Gasteiger partial charge in [0.25, 0.3) is 0 Å². The Morgan fingerprint density at radius 3 is 0.750 bits per heavy atom. The first-order valence-electron chi connectivity index (χ1n) is 7.58.